The summed E-state index contributed by atoms with van der Waals surface area (Å²) in [5, 5.41) is 3.63. The lowest BCUT2D eigenvalue weighted by molar-refractivity contribution is -0.126. The molecule has 7 nitrogen and oxygen atoms in total. The number of hydrogen-bond acceptors (Lipinski definition) is 4. The van der Waals surface area contributed by atoms with Crippen LogP contribution in [0.5, 0.6) is 0 Å². The third kappa shape index (κ3) is 5.42. The Morgan fingerprint density at radius 3 is 2.56 bits per heavy atom. The van der Waals surface area contributed by atoms with E-state index in [1.54, 1.807) is 0 Å². The molecule has 0 bridgehead atoms. The van der Waals surface area contributed by atoms with Crippen molar-refractivity contribution in [1.82, 2.24) is 13.9 Å². The molecule has 0 unspecified atom stereocenters. The van der Waals surface area contributed by atoms with Crippen molar-refractivity contribution in [3.8, 4) is 0 Å². The van der Waals surface area contributed by atoms with Gasteiger partial charge in [-0.15, -0.1) is 0 Å². The molecule has 1 atom stereocenters. The normalized spacial score (nSPS) is 22.5. The quantitative estimate of drug-likeness (QED) is 0.759. The Morgan fingerprint density at radius 1 is 1.15 bits per heavy atom. The van der Waals surface area contributed by atoms with E-state index in [9.17, 15) is 13.2 Å². The van der Waals surface area contributed by atoms with Gasteiger partial charge in [-0.2, -0.15) is 17.0 Å². The number of piperidine rings is 1. The molecule has 2 aliphatic heterocycles. The number of nitrogens with zero attached hydrogens (tertiary/aromatic N) is 2. The van der Waals surface area contributed by atoms with Crippen LogP contribution in [0.4, 0.5) is 0 Å². The van der Waals surface area contributed by atoms with Gasteiger partial charge in [-0.05, 0) is 37.0 Å². The van der Waals surface area contributed by atoms with Gasteiger partial charge in [-0.1, -0.05) is 23.7 Å². The zero-order chi connectivity index (χ0) is 19.3. The van der Waals surface area contributed by atoms with Gasteiger partial charge in [0.2, 0.25) is 5.91 Å². The van der Waals surface area contributed by atoms with Crippen LogP contribution in [0.15, 0.2) is 24.3 Å². The number of benzene rings is 1. The van der Waals surface area contributed by atoms with Crippen LogP contribution in [-0.2, 0) is 26.2 Å². The number of hydrogen-bond donors (Lipinski definition) is 1. The van der Waals surface area contributed by atoms with E-state index >= 15 is 0 Å². The largest absolute Gasteiger partial charge is 0.379 e. The standard InChI is InChI=1S/C18H26ClN3O4S/c19-17-5-3-15(4-6-17)7-8-20-18(23)16-2-1-9-22(14-16)27(24,25)21-10-12-26-13-11-21/h3-6,16H,1-2,7-14H2,(H,20,23)/t16-/m1/s1. The SMILES string of the molecule is O=C(NCCc1ccc(Cl)cc1)[C@@H]1CCCN(S(=O)(=O)N2CCOCC2)C1. The van der Waals surface area contributed by atoms with E-state index in [2.05, 4.69) is 5.32 Å². The van der Waals surface area contributed by atoms with Gasteiger partial charge >= 0.3 is 0 Å². The summed E-state index contributed by atoms with van der Waals surface area (Å²) in [6, 6.07) is 7.53. The Hall–Kier alpha value is -1.19. The third-order valence-electron chi connectivity index (χ3n) is 5.00. The average molecular weight is 416 g/mol. The number of morpholine rings is 1. The summed E-state index contributed by atoms with van der Waals surface area (Å²) in [6.07, 6.45) is 2.12. The molecule has 2 fully saturated rings. The Kier molecular flexibility index (Phi) is 7.10. The van der Waals surface area contributed by atoms with Crippen molar-refractivity contribution in [1.29, 1.82) is 0 Å². The number of nitrogens with one attached hydrogen (secondary N) is 1. The molecule has 9 heteroatoms. The molecule has 0 saturated carbocycles. The van der Waals surface area contributed by atoms with E-state index in [-0.39, 0.29) is 18.4 Å². The second-order valence-electron chi connectivity index (χ2n) is 6.88. The summed E-state index contributed by atoms with van der Waals surface area (Å²) in [6.45, 7) is 2.81. The van der Waals surface area contributed by atoms with E-state index in [0.717, 1.165) is 5.56 Å². The smallest absolute Gasteiger partial charge is 0.282 e. The first-order chi connectivity index (χ1) is 13.0. The molecule has 27 heavy (non-hydrogen) atoms. The maximum absolute atomic E-state index is 12.8. The Morgan fingerprint density at radius 2 is 1.85 bits per heavy atom. The van der Waals surface area contributed by atoms with Gasteiger partial charge in [0.1, 0.15) is 0 Å². The molecule has 2 heterocycles. The van der Waals surface area contributed by atoms with E-state index in [0.29, 0.717) is 63.7 Å². The molecule has 1 aromatic carbocycles. The van der Waals surface area contributed by atoms with Crippen molar-refractivity contribution in [2.75, 3.05) is 45.9 Å². The molecule has 0 aliphatic carbocycles. The third-order valence-corrected chi connectivity index (χ3v) is 7.26. The number of amides is 1. The number of rotatable bonds is 6. The maximum atomic E-state index is 12.8. The minimum atomic E-state index is -3.52. The Balaban J connectivity index is 1.50. The first kappa shape index (κ1) is 20.5. The molecule has 1 aromatic rings. The lowest BCUT2D eigenvalue weighted by Gasteiger charge is -2.36. The Bertz CT molecular complexity index is 735. The van der Waals surface area contributed by atoms with E-state index in [1.807, 2.05) is 24.3 Å². The minimum Gasteiger partial charge on any atom is -0.379 e. The average Bonchev–Trinajstić information content (AvgIpc) is 2.70. The van der Waals surface area contributed by atoms with E-state index in [4.69, 9.17) is 16.3 Å². The molecule has 150 valence electrons. The first-order valence-electron chi connectivity index (χ1n) is 9.32. The van der Waals surface area contributed by atoms with Crippen molar-refractivity contribution in [3.05, 3.63) is 34.9 Å². The molecule has 0 spiro atoms. The number of carbonyl (C=O) groups excluding carboxylic acids is 1. The van der Waals surface area contributed by atoms with Crippen molar-refractivity contribution in [2.24, 2.45) is 5.92 Å². The van der Waals surface area contributed by atoms with Gasteiger partial charge in [-0.25, -0.2) is 0 Å². The predicted octanol–water partition coefficient (Wildman–Crippen LogP) is 1.29. The van der Waals surface area contributed by atoms with Crippen LogP contribution >= 0.6 is 11.6 Å². The van der Waals surface area contributed by atoms with Gasteiger partial charge in [0.15, 0.2) is 0 Å². The highest BCUT2D eigenvalue weighted by Crippen LogP contribution is 2.22. The highest BCUT2D eigenvalue weighted by Gasteiger charge is 2.36. The molecule has 2 saturated heterocycles. The predicted molar refractivity (Wildman–Crippen MR) is 104 cm³/mol. The fourth-order valence-electron chi connectivity index (χ4n) is 3.43. The van der Waals surface area contributed by atoms with Crippen molar-refractivity contribution in [2.45, 2.75) is 19.3 Å². The van der Waals surface area contributed by atoms with Gasteiger partial charge in [-0.3, -0.25) is 4.79 Å². The summed E-state index contributed by atoms with van der Waals surface area (Å²) >= 11 is 5.87. The van der Waals surface area contributed by atoms with Crippen LogP contribution in [0.1, 0.15) is 18.4 Å². The molecule has 1 amide bonds. The summed E-state index contributed by atoms with van der Waals surface area (Å²) in [7, 11) is -3.52. The molecular weight excluding hydrogens is 390 g/mol. The van der Waals surface area contributed by atoms with Crippen LogP contribution in [0, 0.1) is 5.92 Å². The second-order valence-corrected chi connectivity index (χ2v) is 9.25. The summed E-state index contributed by atoms with van der Waals surface area (Å²) < 4.78 is 33.7. The van der Waals surface area contributed by atoms with Crippen LogP contribution in [0.25, 0.3) is 0 Å². The fourth-order valence-corrected chi connectivity index (χ4v) is 5.22. The number of ether oxygens (including phenoxy) is 1. The van der Waals surface area contributed by atoms with E-state index in [1.165, 1.54) is 8.61 Å². The zero-order valence-electron chi connectivity index (χ0n) is 15.3. The number of carbonyl (C=O) groups is 1. The van der Waals surface area contributed by atoms with Gasteiger partial charge in [0, 0.05) is 37.7 Å². The maximum Gasteiger partial charge on any atom is 0.282 e. The summed E-state index contributed by atoms with van der Waals surface area (Å²) in [5.74, 6) is -0.384. The highest BCUT2D eigenvalue weighted by molar-refractivity contribution is 7.86. The number of halogens is 1. The molecule has 2 aliphatic rings. The zero-order valence-corrected chi connectivity index (χ0v) is 16.8. The topological polar surface area (TPSA) is 79.0 Å². The lowest BCUT2D eigenvalue weighted by Crippen LogP contribution is -2.53. The molecular formula is C18H26ClN3O4S. The van der Waals surface area contributed by atoms with Gasteiger partial charge < -0.3 is 10.1 Å². The van der Waals surface area contributed by atoms with Crippen molar-refractivity contribution in [3.63, 3.8) is 0 Å². The van der Waals surface area contributed by atoms with Crippen LogP contribution in [0.2, 0.25) is 5.02 Å². The minimum absolute atomic E-state index is 0.0779. The highest BCUT2D eigenvalue weighted by atomic mass is 35.5. The monoisotopic (exact) mass is 415 g/mol. The summed E-state index contributed by atoms with van der Waals surface area (Å²) in [4.78, 5) is 12.5. The first-order valence-corrected chi connectivity index (χ1v) is 11.1. The second kappa shape index (κ2) is 9.34. The van der Waals surface area contributed by atoms with E-state index < -0.39 is 10.2 Å². The van der Waals surface area contributed by atoms with Crippen LogP contribution < -0.4 is 5.32 Å². The van der Waals surface area contributed by atoms with Crippen molar-refractivity contribution < 1.29 is 17.9 Å². The van der Waals surface area contributed by atoms with Gasteiger partial charge in [0.05, 0.1) is 19.1 Å². The molecule has 3 rings (SSSR count). The Labute approximate surface area is 165 Å². The molecule has 1 N–H and O–H groups in total. The molecule has 0 radical (unpaired) electrons. The van der Waals surface area contributed by atoms with Crippen LogP contribution in [0.3, 0.4) is 0 Å². The molecule has 0 aromatic heterocycles. The lowest BCUT2D eigenvalue weighted by atomic mass is 9.99. The fraction of sp³-hybridized carbons (Fsp3) is 0.611. The summed E-state index contributed by atoms with van der Waals surface area (Å²) in [5.41, 5.74) is 1.10. The van der Waals surface area contributed by atoms with Crippen molar-refractivity contribution >= 4 is 27.7 Å². The van der Waals surface area contributed by atoms with Gasteiger partial charge in [0.25, 0.3) is 10.2 Å². The van der Waals surface area contributed by atoms with Crippen LogP contribution in [-0.4, -0.2) is 68.9 Å².